The minimum absolute atomic E-state index is 0.320. The summed E-state index contributed by atoms with van der Waals surface area (Å²) < 4.78 is 22.5. The first-order valence-corrected chi connectivity index (χ1v) is 14.7. The van der Waals surface area contributed by atoms with E-state index in [0.717, 1.165) is 85.9 Å². The molecule has 3 rings (SSSR count). The Morgan fingerprint density at radius 1 is 0.625 bits per heavy atom. The van der Waals surface area contributed by atoms with Gasteiger partial charge in [0.25, 0.3) is 0 Å². The average molecular weight is 545 g/mol. The molecule has 0 radical (unpaired) electrons. The molecule has 0 spiro atoms. The number of benzene rings is 3. The van der Waals surface area contributed by atoms with Crippen molar-refractivity contribution >= 4 is 12.0 Å². The van der Waals surface area contributed by atoms with E-state index in [1.54, 1.807) is 6.08 Å². The molecule has 0 aliphatic carbocycles. The summed E-state index contributed by atoms with van der Waals surface area (Å²) in [6, 6.07) is 23.9. The molecule has 5 heteroatoms. The van der Waals surface area contributed by atoms with Crippen molar-refractivity contribution in [3.8, 4) is 28.4 Å². The second-order valence-electron chi connectivity index (χ2n) is 9.74. The van der Waals surface area contributed by atoms with Gasteiger partial charge in [0, 0.05) is 19.3 Å². The Balaban J connectivity index is 1.38. The SMILES string of the molecule is CCCCCCOc1ccc(-c2ccc(Oc3ccc(/C=C/C(=O)OCCCCCCOCC)cc3)cc2)cc1. The first-order valence-electron chi connectivity index (χ1n) is 14.7. The van der Waals surface area contributed by atoms with E-state index < -0.39 is 0 Å². The third kappa shape index (κ3) is 12.1. The topological polar surface area (TPSA) is 54.0 Å². The highest BCUT2D eigenvalue weighted by Gasteiger charge is 2.03. The largest absolute Gasteiger partial charge is 0.494 e. The molecule has 0 aliphatic rings. The van der Waals surface area contributed by atoms with E-state index in [2.05, 4.69) is 31.2 Å². The predicted octanol–water partition coefficient (Wildman–Crippen LogP) is 9.26. The second-order valence-corrected chi connectivity index (χ2v) is 9.74. The Hall–Kier alpha value is -3.57. The maximum atomic E-state index is 12.0. The van der Waals surface area contributed by atoms with Crippen molar-refractivity contribution in [3.63, 3.8) is 0 Å². The molecule has 0 saturated carbocycles. The Kier molecular flexibility index (Phi) is 14.5. The maximum Gasteiger partial charge on any atom is 0.330 e. The van der Waals surface area contributed by atoms with Gasteiger partial charge in [0.1, 0.15) is 17.2 Å². The van der Waals surface area contributed by atoms with Crippen LogP contribution in [-0.2, 0) is 14.3 Å². The molecule has 214 valence electrons. The van der Waals surface area contributed by atoms with E-state index in [4.69, 9.17) is 18.9 Å². The lowest BCUT2D eigenvalue weighted by Gasteiger charge is -2.09. The van der Waals surface area contributed by atoms with Crippen molar-refractivity contribution in [1.29, 1.82) is 0 Å². The quantitative estimate of drug-likeness (QED) is 0.0855. The van der Waals surface area contributed by atoms with Gasteiger partial charge in [-0.05, 0) is 91.8 Å². The third-order valence-corrected chi connectivity index (χ3v) is 6.47. The molecular formula is C35H44O5. The van der Waals surface area contributed by atoms with Crippen molar-refractivity contribution in [3.05, 3.63) is 84.4 Å². The van der Waals surface area contributed by atoms with Crippen LogP contribution in [0.3, 0.4) is 0 Å². The first-order chi connectivity index (χ1) is 19.7. The summed E-state index contributed by atoms with van der Waals surface area (Å²) in [5.41, 5.74) is 3.16. The fourth-order valence-electron chi connectivity index (χ4n) is 4.15. The molecule has 0 aromatic heterocycles. The van der Waals surface area contributed by atoms with Crippen LogP contribution < -0.4 is 9.47 Å². The number of carbonyl (C=O) groups excluding carboxylic acids is 1. The standard InChI is InChI=1S/C35H44O5/c1-3-5-6-10-27-38-32-21-15-30(16-22-32)31-17-23-34(24-18-31)40-33-19-12-29(13-20-33)14-25-35(36)39-28-11-8-7-9-26-37-4-2/h12-25H,3-11,26-28H2,1-2H3/b25-14+. The molecular weight excluding hydrogens is 500 g/mol. The van der Waals surface area contributed by atoms with E-state index in [-0.39, 0.29) is 5.97 Å². The molecule has 0 saturated heterocycles. The Morgan fingerprint density at radius 2 is 1.18 bits per heavy atom. The summed E-state index contributed by atoms with van der Waals surface area (Å²) in [5.74, 6) is 2.09. The monoisotopic (exact) mass is 544 g/mol. The fraction of sp³-hybridized carbons (Fsp3) is 0.400. The van der Waals surface area contributed by atoms with Crippen molar-refractivity contribution in [2.45, 2.75) is 65.2 Å². The number of esters is 1. The number of hydrogen-bond acceptors (Lipinski definition) is 5. The van der Waals surface area contributed by atoms with Gasteiger partial charge in [0.15, 0.2) is 0 Å². The van der Waals surface area contributed by atoms with Gasteiger partial charge in [0.05, 0.1) is 13.2 Å². The molecule has 0 heterocycles. The predicted molar refractivity (Wildman–Crippen MR) is 163 cm³/mol. The summed E-state index contributed by atoms with van der Waals surface area (Å²) in [5, 5.41) is 0. The highest BCUT2D eigenvalue weighted by atomic mass is 16.5. The van der Waals surface area contributed by atoms with Crippen LogP contribution in [0, 0.1) is 0 Å². The second kappa shape index (κ2) is 18.7. The van der Waals surface area contributed by atoms with Crippen LogP contribution in [0.15, 0.2) is 78.9 Å². The highest BCUT2D eigenvalue weighted by Crippen LogP contribution is 2.27. The average Bonchev–Trinajstić information content (AvgIpc) is 2.99. The summed E-state index contributed by atoms with van der Waals surface area (Å²) in [4.78, 5) is 12.0. The van der Waals surface area contributed by atoms with E-state index in [1.807, 2.05) is 55.5 Å². The lowest BCUT2D eigenvalue weighted by atomic mass is 10.1. The fourth-order valence-corrected chi connectivity index (χ4v) is 4.15. The van der Waals surface area contributed by atoms with Crippen LogP contribution in [0.4, 0.5) is 0 Å². The molecule has 40 heavy (non-hydrogen) atoms. The van der Waals surface area contributed by atoms with Gasteiger partial charge in [-0.3, -0.25) is 0 Å². The maximum absolute atomic E-state index is 12.0. The van der Waals surface area contributed by atoms with Crippen molar-refractivity contribution in [1.82, 2.24) is 0 Å². The molecule has 0 atom stereocenters. The van der Waals surface area contributed by atoms with Crippen LogP contribution in [0.25, 0.3) is 17.2 Å². The minimum Gasteiger partial charge on any atom is -0.494 e. The van der Waals surface area contributed by atoms with Gasteiger partial charge in [-0.15, -0.1) is 0 Å². The number of rotatable bonds is 19. The zero-order valence-electron chi connectivity index (χ0n) is 24.1. The zero-order chi connectivity index (χ0) is 28.3. The summed E-state index contributed by atoms with van der Waals surface area (Å²) in [6.45, 7) is 7.00. The third-order valence-electron chi connectivity index (χ3n) is 6.47. The molecule has 0 bridgehead atoms. The van der Waals surface area contributed by atoms with Crippen LogP contribution in [0.5, 0.6) is 17.2 Å². The highest BCUT2D eigenvalue weighted by molar-refractivity contribution is 5.87. The Morgan fingerprint density at radius 3 is 1.80 bits per heavy atom. The summed E-state index contributed by atoms with van der Waals surface area (Å²) in [6.07, 6.45) is 12.1. The summed E-state index contributed by atoms with van der Waals surface area (Å²) in [7, 11) is 0. The van der Waals surface area contributed by atoms with E-state index >= 15 is 0 Å². The minimum atomic E-state index is -0.320. The smallest absolute Gasteiger partial charge is 0.330 e. The van der Waals surface area contributed by atoms with Gasteiger partial charge in [-0.1, -0.05) is 69.0 Å². The Labute approximate surface area is 240 Å². The van der Waals surface area contributed by atoms with E-state index in [1.165, 1.54) is 25.3 Å². The number of unbranched alkanes of at least 4 members (excludes halogenated alkanes) is 6. The first kappa shape index (κ1) is 31.0. The van der Waals surface area contributed by atoms with Crippen molar-refractivity contribution in [2.24, 2.45) is 0 Å². The molecule has 0 N–H and O–H groups in total. The van der Waals surface area contributed by atoms with Crippen LogP contribution in [-0.4, -0.2) is 32.4 Å². The van der Waals surface area contributed by atoms with Gasteiger partial charge < -0.3 is 18.9 Å². The van der Waals surface area contributed by atoms with Crippen molar-refractivity contribution < 1.29 is 23.7 Å². The summed E-state index contributed by atoms with van der Waals surface area (Å²) >= 11 is 0. The number of hydrogen-bond donors (Lipinski definition) is 0. The lowest BCUT2D eigenvalue weighted by Crippen LogP contribution is -2.02. The van der Waals surface area contributed by atoms with Gasteiger partial charge in [0.2, 0.25) is 0 Å². The number of carbonyl (C=O) groups is 1. The van der Waals surface area contributed by atoms with Crippen LogP contribution >= 0.6 is 0 Å². The lowest BCUT2D eigenvalue weighted by molar-refractivity contribution is -0.137. The molecule has 3 aromatic carbocycles. The van der Waals surface area contributed by atoms with Gasteiger partial charge in [-0.25, -0.2) is 4.79 Å². The molecule has 0 fully saturated rings. The van der Waals surface area contributed by atoms with Crippen LogP contribution in [0.1, 0.15) is 70.8 Å². The van der Waals surface area contributed by atoms with Gasteiger partial charge in [-0.2, -0.15) is 0 Å². The molecule has 0 amide bonds. The van der Waals surface area contributed by atoms with Crippen LogP contribution in [0.2, 0.25) is 0 Å². The molecule has 5 nitrogen and oxygen atoms in total. The molecule has 0 unspecified atom stereocenters. The Bertz CT molecular complexity index is 1120. The normalized spacial score (nSPS) is 11.1. The van der Waals surface area contributed by atoms with E-state index in [9.17, 15) is 4.79 Å². The number of ether oxygens (including phenoxy) is 4. The molecule has 0 aliphatic heterocycles. The van der Waals surface area contributed by atoms with E-state index in [0.29, 0.717) is 6.61 Å². The zero-order valence-corrected chi connectivity index (χ0v) is 24.1. The van der Waals surface area contributed by atoms with Gasteiger partial charge >= 0.3 is 5.97 Å². The van der Waals surface area contributed by atoms with Crippen molar-refractivity contribution in [2.75, 3.05) is 26.4 Å². The molecule has 3 aromatic rings.